The highest BCUT2D eigenvalue weighted by atomic mass is 32.2. The molecule has 1 amide bonds. The number of benzene rings is 3. The molecule has 38 heavy (non-hydrogen) atoms. The number of para-hydroxylation sites is 1. The Kier molecular flexibility index (Phi) is 8.28. The summed E-state index contributed by atoms with van der Waals surface area (Å²) in [5, 5.41) is 3.61. The standard InChI is InChI=1S/C32H36N2O3S/c1-22-10-9-12-25(18-22)21-37-28-17-16-24(19-29(28)36-3)20-30-31(35)34(27-15-8-7-11-23(27)2)32(38-30)33-26-13-5-4-6-14-26/h4-6,9-10,12-14,16-20,23,27,32-33H,7-8,11,15,21H2,1-3H3/b30-20-/t23-,27-,32?/m0/s1. The fraction of sp³-hybridized carbons (Fsp3) is 0.344. The van der Waals surface area contributed by atoms with Gasteiger partial charge in [-0.25, -0.2) is 0 Å². The number of thioether (sulfide) groups is 1. The molecule has 1 aliphatic carbocycles. The minimum atomic E-state index is -0.138. The molecule has 1 unspecified atom stereocenters. The summed E-state index contributed by atoms with van der Waals surface area (Å²) in [5.41, 5.74) is 4.11. The van der Waals surface area contributed by atoms with E-state index in [1.54, 1.807) is 18.9 Å². The zero-order valence-electron chi connectivity index (χ0n) is 22.4. The topological polar surface area (TPSA) is 50.8 Å². The molecule has 198 valence electrons. The maximum atomic E-state index is 13.8. The van der Waals surface area contributed by atoms with Gasteiger partial charge < -0.3 is 19.7 Å². The number of ether oxygens (including phenoxy) is 2. The van der Waals surface area contributed by atoms with Crippen molar-refractivity contribution in [2.75, 3.05) is 12.4 Å². The summed E-state index contributed by atoms with van der Waals surface area (Å²) in [4.78, 5) is 16.6. The number of carbonyl (C=O) groups excluding carboxylic acids is 1. The minimum absolute atomic E-state index is 0.0981. The van der Waals surface area contributed by atoms with Crippen LogP contribution in [-0.4, -0.2) is 29.5 Å². The summed E-state index contributed by atoms with van der Waals surface area (Å²) in [6.07, 6.45) is 6.60. The number of methoxy groups -OCH3 is 1. The zero-order chi connectivity index (χ0) is 26.5. The van der Waals surface area contributed by atoms with Gasteiger partial charge in [0.25, 0.3) is 5.91 Å². The van der Waals surface area contributed by atoms with Crippen LogP contribution in [0.1, 0.15) is 49.3 Å². The van der Waals surface area contributed by atoms with Gasteiger partial charge in [0.05, 0.1) is 12.0 Å². The van der Waals surface area contributed by atoms with Crippen LogP contribution in [-0.2, 0) is 11.4 Å². The number of aryl methyl sites for hydroxylation is 1. The van der Waals surface area contributed by atoms with E-state index in [0.717, 1.165) is 34.6 Å². The van der Waals surface area contributed by atoms with Crippen LogP contribution >= 0.6 is 11.8 Å². The first-order chi connectivity index (χ1) is 18.5. The fourth-order valence-corrected chi connectivity index (χ4v) is 6.59. The van der Waals surface area contributed by atoms with Crippen molar-refractivity contribution in [1.82, 2.24) is 4.90 Å². The van der Waals surface area contributed by atoms with Gasteiger partial charge in [-0.3, -0.25) is 4.79 Å². The number of anilines is 1. The number of hydrogen-bond donors (Lipinski definition) is 1. The molecule has 0 aromatic heterocycles. The second kappa shape index (κ2) is 12.0. The third-order valence-corrected chi connectivity index (χ3v) is 8.50. The first kappa shape index (κ1) is 26.2. The van der Waals surface area contributed by atoms with Crippen molar-refractivity contribution in [2.45, 2.75) is 57.7 Å². The Labute approximate surface area is 230 Å². The lowest BCUT2D eigenvalue weighted by molar-refractivity contribution is -0.129. The number of carbonyl (C=O) groups is 1. The van der Waals surface area contributed by atoms with E-state index in [-0.39, 0.29) is 17.4 Å². The van der Waals surface area contributed by atoms with Gasteiger partial charge >= 0.3 is 0 Å². The van der Waals surface area contributed by atoms with Gasteiger partial charge in [-0.15, -0.1) is 0 Å². The van der Waals surface area contributed by atoms with Crippen molar-refractivity contribution >= 4 is 29.4 Å². The number of nitrogens with one attached hydrogen (secondary N) is 1. The van der Waals surface area contributed by atoms with Crippen molar-refractivity contribution in [1.29, 1.82) is 0 Å². The molecule has 6 heteroatoms. The summed E-state index contributed by atoms with van der Waals surface area (Å²) < 4.78 is 11.7. The Hall–Kier alpha value is -3.38. The molecule has 2 fully saturated rings. The average Bonchev–Trinajstić information content (AvgIpc) is 3.22. The molecular weight excluding hydrogens is 492 g/mol. The Morgan fingerprint density at radius 3 is 2.58 bits per heavy atom. The molecular formula is C32H36N2O3S. The Balaban J connectivity index is 1.37. The molecule has 0 spiro atoms. The molecule has 3 aromatic carbocycles. The van der Waals surface area contributed by atoms with Gasteiger partial charge in [-0.05, 0) is 67.2 Å². The summed E-state index contributed by atoms with van der Waals surface area (Å²) in [7, 11) is 1.65. The summed E-state index contributed by atoms with van der Waals surface area (Å²) in [5.74, 6) is 1.92. The number of amides is 1. The number of nitrogens with zero attached hydrogens (tertiary/aromatic N) is 1. The predicted molar refractivity (Wildman–Crippen MR) is 156 cm³/mol. The van der Waals surface area contributed by atoms with Gasteiger partial charge in [0.2, 0.25) is 0 Å². The molecule has 1 aliphatic heterocycles. The van der Waals surface area contributed by atoms with Crippen LogP contribution in [0.15, 0.2) is 77.7 Å². The van der Waals surface area contributed by atoms with Crippen molar-refractivity contribution in [2.24, 2.45) is 5.92 Å². The van der Waals surface area contributed by atoms with E-state index < -0.39 is 0 Å². The number of hydrogen-bond acceptors (Lipinski definition) is 5. The molecule has 3 atom stereocenters. The Morgan fingerprint density at radius 1 is 1.00 bits per heavy atom. The van der Waals surface area contributed by atoms with E-state index in [2.05, 4.69) is 54.4 Å². The van der Waals surface area contributed by atoms with Gasteiger partial charge in [0.1, 0.15) is 6.61 Å². The molecule has 0 radical (unpaired) electrons. The molecule has 0 bridgehead atoms. The van der Waals surface area contributed by atoms with Crippen LogP contribution in [0.25, 0.3) is 6.08 Å². The van der Waals surface area contributed by atoms with E-state index in [1.165, 1.54) is 18.4 Å². The largest absolute Gasteiger partial charge is 0.493 e. The van der Waals surface area contributed by atoms with E-state index in [4.69, 9.17) is 9.47 Å². The Bertz CT molecular complexity index is 1290. The lowest BCUT2D eigenvalue weighted by atomic mass is 9.85. The molecule has 1 N–H and O–H groups in total. The molecule has 2 aliphatic rings. The lowest BCUT2D eigenvalue weighted by Gasteiger charge is -2.39. The van der Waals surface area contributed by atoms with Gasteiger partial charge in [0.15, 0.2) is 17.0 Å². The fourth-order valence-electron chi connectivity index (χ4n) is 5.37. The number of rotatable bonds is 8. The highest BCUT2D eigenvalue weighted by molar-refractivity contribution is 8.05. The highest BCUT2D eigenvalue weighted by Gasteiger charge is 2.42. The van der Waals surface area contributed by atoms with Crippen LogP contribution < -0.4 is 14.8 Å². The molecule has 5 nitrogen and oxygen atoms in total. The molecule has 1 saturated heterocycles. The first-order valence-corrected chi connectivity index (χ1v) is 14.3. The smallest absolute Gasteiger partial charge is 0.262 e. The second-order valence-corrected chi connectivity index (χ2v) is 11.3. The van der Waals surface area contributed by atoms with Gasteiger partial charge in [-0.1, -0.05) is 85.6 Å². The van der Waals surface area contributed by atoms with Crippen molar-refractivity contribution < 1.29 is 14.3 Å². The van der Waals surface area contributed by atoms with E-state index in [1.807, 2.05) is 48.5 Å². The summed E-state index contributed by atoms with van der Waals surface area (Å²) >= 11 is 1.59. The molecule has 1 heterocycles. The third kappa shape index (κ3) is 6.02. The van der Waals surface area contributed by atoms with E-state index in [0.29, 0.717) is 24.0 Å². The second-order valence-electron chi connectivity index (χ2n) is 10.2. The first-order valence-electron chi connectivity index (χ1n) is 13.4. The van der Waals surface area contributed by atoms with Crippen LogP contribution in [0.2, 0.25) is 0 Å². The van der Waals surface area contributed by atoms with Crippen LogP contribution in [0.5, 0.6) is 11.5 Å². The summed E-state index contributed by atoms with van der Waals surface area (Å²) in [6.45, 7) is 4.82. The predicted octanol–water partition coefficient (Wildman–Crippen LogP) is 7.47. The Morgan fingerprint density at radius 2 is 1.82 bits per heavy atom. The van der Waals surface area contributed by atoms with Crippen molar-refractivity contribution in [3.05, 3.63) is 94.4 Å². The average molecular weight is 529 g/mol. The maximum Gasteiger partial charge on any atom is 0.262 e. The monoisotopic (exact) mass is 528 g/mol. The van der Waals surface area contributed by atoms with Crippen LogP contribution in [0.3, 0.4) is 0 Å². The third-order valence-electron chi connectivity index (χ3n) is 7.39. The maximum absolute atomic E-state index is 13.8. The van der Waals surface area contributed by atoms with E-state index >= 15 is 0 Å². The quantitative estimate of drug-likeness (QED) is 0.307. The SMILES string of the molecule is COc1cc(/C=C2\SC(Nc3ccccc3)N([C@H]3CCCC[C@@H]3C)C2=O)ccc1OCc1cccc(C)c1. The molecule has 1 saturated carbocycles. The highest BCUT2D eigenvalue weighted by Crippen LogP contribution is 2.42. The summed E-state index contributed by atoms with van der Waals surface area (Å²) in [6, 6.07) is 24.5. The molecule has 3 aromatic rings. The van der Waals surface area contributed by atoms with E-state index in [9.17, 15) is 4.79 Å². The van der Waals surface area contributed by atoms with Crippen molar-refractivity contribution in [3.8, 4) is 11.5 Å². The normalized spacial score (nSPS) is 22.5. The lowest BCUT2D eigenvalue weighted by Crippen LogP contribution is -2.48. The minimum Gasteiger partial charge on any atom is -0.493 e. The molecule has 5 rings (SSSR count). The van der Waals surface area contributed by atoms with Crippen LogP contribution in [0.4, 0.5) is 5.69 Å². The van der Waals surface area contributed by atoms with Crippen LogP contribution in [0, 0.1) is 12.8 Å². The van der Waals surface area contributed by atoms with Gasteiger partial charge in [0, 0.05) is 11.7 Å². The zero-order valence-corrected chi connectivity index (χ0v) is 23.2. The van der Waals surface area contributed by atoms with Gasteiger partial charge in [-0.2, -0.15) is 0 Å². The van der Waals surface area contributed by atoms with Crippen molar-refractivity contribution in [3.63, 3.8) is 0 Å².